The Labute approximate surface area is 68.8 Å². The molecule has 12 heavy (non-hydrogen) atoms. The van der Waals surface area contributed by atoms with Crippen molar-refractivity contribution < 1.29 is 0 Å². The number of benzene rings is 1. The lowest BCUT2D eigenvalue weighted by Gasteiger charge is -1.90. The molecule has 0 amide bonds. The summed E-state index contributed by atoms with van der Waals surface area (Å²) in [4.78, 5) is 11.3. The van der Waals surface area contributed by atoms with Gasteiger partial charge in [-0.05, 0) is 12.1 Å². The van der Waals surface area contributed by atoms with Crippen molar-refractivity contribution >= 4 is 11.0 Å². The number of aryl methyl sites for hydroxylation is 1. The monoisotopic (exact) mass is 163 g/mol. The number of imidazole rings is 1. The molecule has 1 heterocycles. The molecule has 2 rings (SSSR count). The van der Waals surface area contributed by atoms with Gasteiger partial charge in [0.15, 0.2) is 0 Å². The Morgan fingerprint density at radius 2 is 1.83 bits per heavy atom. The molecule has 2 aromatic rings. The van der Waals surface area contributed by atoms with Crippen LogP contribution in [0.4, 0.5) is 0 Å². The number of hydrogen-bond donors (Lipinski definition) is 1. The molecule has 0 spiro atoms. The number of hydrogen-bond acceptors (Lipinski definition) is 2. The maximum atomic E-state index is 11.3. The van der Waals surface area contributed by atoms with Gasteiger partial charge in [0.2, 0.25) is 0 Å². The van der Waals surface area contributed by atoms with Gasteiger partial charge < -0.3 is 5.84 Å². The van der Waals surface area contributed by atoms with Crippen molar-refractivity contribution in [1.82, 2.24) is 9.24 Å². The summed E-state index contributed by atoms with van der Waals surface area (Å²) < 4.78 is 2.67. The zero-order chi connectivity index (χ0) is 8.72. The highest BCUT2D eigenvalue weighted by atomic mass is 16.2. The molecule has 1 aromatic carbocycles. The third-order valence-corrected chi connectivity index (χ3v) is 2.00. The molecule has 0 fully saturated rings. The van der Waals surface area contributed by atoms with Crippen LogP contribution in [0, 0.1) is 0 Å². The van der Waals surface area contributed by atoms with Crippen molar-refractivity contribution in [2.24, 2.45) is 7.05 Å². The molecule has 0 aliphatic carbocycles. The topological polar surface area (TPSA) is 53.0 Å². The van der Waals surface area contributed by atoms with Gasteiger partial charge in [-0.15, -0.1) is 0 Å². The first kappa shape index (κ1) is 6.97. The van der Waals surface area contributed by atoms with Crippen LogP contribution >= 0.6 is 0 Å². The third-order valence-electron chi connectivity index (χ3n) is 2.00. The molecule has 0 aliphatic heterocycles. The van der Waals surface area contributed by atoms with E-state index in [9.17, 15) is 4.79 Å². The van der Waals surface area contributed by atoms with Crippen molar-refractivity contribution in [2.75, 3.05) is 5.84 Å². The molecule has 4 heteroatoms. The van der Waals surface area contributed by atoms with E-state index in [0.717, 1.165) is 15.7 Å². The first-order chi connectivity index (χ1) is 5.72. The van der Waals surface area contributed by atoms with E-state index in [1.807, 2.05) is 24.3 Å². The maximum absolute atomic E-state index is 11.3. The number of nitrogens with two attached hydrogens (primary N) is 1. The summed E-state index contributed by atoms with van der Waals surface area (Å²) in [5.41, 5.74) is 1.41. The van der Waals surface area contributed by atoms with Gasteiger partial charge in [0.25, 0.3) is 0 Å². The minimum Gasteiger partial charge on any atom is -0.335 e. The lowest BCUT2D eigenvalue weighted by atomic mass is 10.3. The van der Waals surface area contributed by atoms with Crippen LogP contribution in [0.2, 0.25) is 0 Å². The minimum absolute atomic E-state index is 0.198. The predicted molar refractivity (Wildman–Crippen MR) is 47.3 cm³/mol. The highest BCUT2D eigenvalue weighted by Crippen LogP contribution is 2.08. The summed E-state index contributed by atoms with van der Waals surface area (Å²) in [6.45, 7) is 0. The van der Waals surface area contributed by atoms with Gasteiger partial charge in [-0.3, -0.25) is 4.57 Å². The standard InChI is InChI=1S/C8H9N3O/c1-10-6-4-2-3-5-7(6)11(9)8(10)12/h2-5H,9H2,1H3. The summed E-state index contributed by atoms with van der Waals surface area (Å²) in [6.07, 6.45) is 0. The molecule has 62 valence electrons. The number of rotatable bonds is 0. The average molecular weight is 163 g/mol. The quantitative estimate of drug-likeness (QED) is 0.558. The molecule has 0 saturated carbocycles. The number of nitrogens with zero attached hydrogens (tertiary/aromatic N) is 2. The molecule has 2 N–H and O–H groups in total. The Kier molecular flexibility index (Phi) is 1.24. The van der Waals surface area contributed by atoms with Gasteiger partial charge >= 0.3 is 5.69 Å². The summed E-state index contributed by atoms with van der Waals surface area (Å²) in [7, 11) is 1.70. The van der Waals surface area contributed by atoms with Crippen LogP contribution in [-0.4, -0.2) is 9.24 Å². The van der Waals surface area contributed by atoms with Crippen molar-refractivity contribution in [3.63, 3.8) is 0 Å². The van der Waals surface area contributed by atoms with Gasteiger partial charge in [-0.25, -0.2) is 9.47 Å². The summed E-state index contributed by atoms with van der Waals surface area (Å²) in [5, 5.41) is 0. The van der Waals surface area contributed by atoms with Crippen LogP contribution < -0.4 is 11.5 Å². The fourth-order valence-corrected chi connectivity index (χ4v) is 1.32. The SMILES string of the molecule is Cn1c(=O)n(N)c2ccccc21. The normalized spacial score (nSPS) is 10.8. The molecule has 0 aliphatic rings. The predicted octanol–water partition coefficient (Wildman–Crippen LogP) is 0.0538. The second kappa shape index (κ2) is 2.14. The van der Waals surface area contributed by atoms with Gasteiger partial charge in [0, 0.05) is 7.05 Å². The highest BCUT2D eigenvalue weighted by Gasteiger charge is 2.05. The van der Waals surface area contributed by atoms with E-state index in [2.05, 4.69) is 0 Å². The fraction of sp³-hybridized carbons (Fsp3) is 0.125. The molecule has 4 nitrogen and oxygen atoms in total. The van der Waals surface area contributed by atoms with Crippen molar-refractivity contribution in [1.29, 1.82) is 0 Å². The molecule has 0 unspecified atom stereocenters. The number of aromatic nitrogens is 2. The third kappa shape index (κ3) is 0.689. The van der Waals surface area contributed by atoms with Crippen LogP contribution in [0.3, 0.4) is 0 Å². The molecule has 0 saturated heterocycles. The molecular formula is C8H9N3O. The fourth-order valence-electron chi connectivity index (χ4n) is 1.32. The lowest BCUT2D eigenvalue weighted by Crippen LogP contribution is -2.27. The molecule has 0 atom stereocenters. The average Bonchev–Trinajstić information content (AvgIpc) is 2.33. The zero-order valence-electron chi connectivity index (χ0n) is 6.69. The zero-order valence-corrected chi connectivity index (χ0v) is 6.69. The molecule has 1 aromatic heterocycles. The summed E-state index contributed by atoms with van der Waals surface area (Å²) in [6, 6.07) is 7.41. The van der Waals surface area contributed by atoms with Crippen LogP contribution in [0.15, 0.2) is 29.1 Å². The van der Waals surface area contributed by atoms with Crippen molar-refractivity contribution in [2.45, 2.75) is 0 Å². The van der Waals surface area contributed by atoms with E-state index < -0.39 is 0 Å². The summed E-state index contributed by atoms with van der Waals surface area (Å²) >= 11 is 0. The van der Waals surface area contributed by atoms with Crippen LogP contribution in [-0.2, 0) is 7.05 Å². The van der Waals surface area contributed by atoms with E-state index in [-0.39, 0.29) is 5.69 Å². The van der Waals surface area contributed by atoms with Gasteiger partial charge in [-0.1, -0.05) is 12.1 Å². The second-order valence-electron chi connectivity index (χ2n) is 2.70. The van der Waals surface area contributed by atoms with Gasteiger partial charge in [0.1, 0.15) is 0 Å². The van der Waals surface area contributed by atoms with E-state index >= 15 is 0 Å². The van der Waals surface area contributed by atoms with E-state index in [4.69, 9.17) is 5.84 Å². The summed E-state index contributed by atoms with van der Waals surface area (Å²) in [5.74, 6) is 5.52. The lowest BCUT2D eigenvalue weighted by molar-refractivity contribution is 0.827. The second-order valence-corrected chi connectivity index (χ2v) is 2.70. The first-order valence-corrected chi connectivity index (χ1v) is 3.63. The van der Waals surface area contributed by atoms with E-state index in [0.29, 0.717) is 0 Å². The van der Waals surface area contributed by atoms with Gasteiger partial charge in [-0.2, -0.15) is 0 Å². The van der Waals surface area contributed by atoms with Crippen molar-refractivity contribution in [3.8, 4) is 0 Å². The largest absolute Gasteiger partial charge is 0.347 e. The van der Waals surface area contributed by atoms with Gasteiger partial charge in [0.05, 0.1) is 11.0 Å². The Balaban J connectivity index is 3.09. The number of nitrogen functional groups attached to an aromatic ring is 1. The maximum Gasteiger partial charge on any atom is 0.347 e. The van der Waals surface area contributed by atoms with Crippen molar-refractivity contribution in [3.05, 3.63) is 34.7 Å². The van der Waals surface area contributed by atoms with E-state index in [1.54, 1.807) is 7.05 Å². The van der Waals surface area contributed by atoms with Crippen LogP contribution in [0.25, 0.3) is 11.0 Å². The number of para-hydroxylation sites is 2. The van der Waals surface area contributed by atoms with Crippen LogP contribution in [0.1, 0.15) is 0 Å². The van der Waals surface area contributed by atoms with Crippen LogP contribution in [0.5, 0.6) is 0 Å². The molecule has 0 bridgehead atoms. The first-order valence-electron chi connectivity index (χ1n) is 3.63. The smallest absolute Gasteiger partial charge is 0.335 e. The Morgan fingerprint density at radius 3 is 2.42 bits per heavy atom. The highest BCUT2D eigenvalue weighted by molar-refractivity contribution is 5.75. The molecule has 0 radical (unpaired) electrons. The van der Waals surface area contributed by atoms with E-state index in [1.165, 1.54) is 4.57 Å². The minimum atomic E-state index is -0.198. The Bertz CT molecular complexity index is 438. The Morgan fingerprint density at radius 1 is 1.25 bits per heavy atom. The Hall–Kier alpha value is -1.71. The molecular weight excluding hydrogens is 154 g/mol. The number of fused-ring (bicyclic) bond motifs is 1.